The number of benzene rings is 2. The maximum absolute atomic E-state index is 14.7. The van der Waals surface area contributed by atoms with Crippen LogP contribution in [0.1, 0.15) is 72.3 Å². The molecule has 0 aliphatic carbocycles. The van der Waals surface area contributed by atoms with Crippen LogP contribution < -0.4 is 4.74 Å². The molecule has 6 nitrogen and oxygen atoms in total. The molecule has 0 spiro atoms. The first-order valence-electron chi connectivity index (χ1n) is 12.8. The number of carboxylic acid groups (broad SMARTS) is 1. The Hall–Kier alpha value is -3.22. The number of unbranched alkanes of at least 4 members (excludes halogenated alkanes) is 1. The summed E-state index contributed by atoms with van der Waals surface area (Å²) >= 11 is 0. The van der Waals surface area contributed by atoms with E-state index in [4.69, 9.17) is 9.73 Å². The first kappa shape index (κ1) is 27.4. The fraction of sp³-hybridized carbons (Fsp3) is 0.483. The Bertz CT molecular complexity index is 1110. The summed E-state index contributed by atoms with van der Waals surface area (Å²) in [4.78, 5) is 31.5. The van der Waals surface area contributed by atoms with Gasteiger partial charge in [0, 0.05) is 17.9 Å². The third kappa shape index (κ3) is 5.77. The molecule has 0 aromatic heterocycles. The lowest BCUT2D eigenvalue weighted by Gasteiger charge is -2.24. The molecule has 1 amide bonds. The molecule has 1 N–H and O–H groups in total. The fourth-order valence-electron chi connectivity index (χ4n) is 4.51. The van der Waals surface area contributed by atoms with Crippen molar-refractivity contribution in [3.63, 3.8) is 0 Å². The summed E-state index contributed by atoms with van der Waals surface area (Å²) < 4.78 is 20.3. The van der Waals surface area contributed by atoms with Crippen LogP contribution in [0.25, 0.3) is 11.1 Å². The first-order chi connectivity index (χ1) is 17.2. The number of carboxylic acids is 1. The predicted octanol–water partition coefficient (Wildman–Crippen LogP) is 6.47. The zero-order chi connectivity index (χ0) is 26.5. The van der Waals surface area contributed by atoms with Crippen molar-refractivity contribution < 1.29 is 23.8 Å². The lowest BCUT2D eigenvalue weighted by atomic mass is 9.93. The molecule has 36 heavy (non-hydrogen) atoms. The molecule has 0 fully saturated rings. The van der Waals surface area contributed by atoms with Crippen molar-refractivity contribution in [3.8, 4) is 16.9 Å². The van der Waals surface area contributed by atoms with E-state index < -0.39 is 23.4 Å². The van der Waals surface area contributed by atoms with Crippen LogP contribution in [-0.2, 0) is 16.1 Å². The van der Waals surface area contributed by atoms with Gasteiger partial charge in [-0.2, -0.15) is 0 Å². The van der Waals surface area contributed by atoms with E-state index in [1.165, 1.54) is 18.2 Å². The van der Waals surface area contributed by atoms with Gasteiger partial charge in [0.1, 0.15) is 22.9 Å². The second-order valence-corrected chi connectivity index (χ2v) is 9.72. The molecule has 1 aliphatic heterocycles. The van der Waals surface area contributed by atoms with Gasteiger partial charge in [-0.3, -0.25) is 14.7 Å². The number of halogens is 1. The Balaban J connectivity index is 1.82. The molecule has 1 heterocycles. The number of hydrogen-bond donors (Lipinski definition) is 1. The normalized spacial score (nSPS) is 15.8. The van der Waals surface area contributed by atoms with Crippen molar-refractivity contribution in [3.05, 3.63) is 53.8 Å². The van der Waals surface area contributed by atoms with Gasteiger partial charge in [-0.15, -0.1) is 0 Å². The van der Waals surface area contributed by atoms with E-state index in [2.05, 4.69) is 6.92 Å². The molecule has 194 valence electrons. The van der Waals surface area contributed by atoms with Crippen molar-refractivity contribution in [2.24, 2.45) is 10.9 Å². The monoisotopic (exact) mass is 496 g/mol. The highest BCUT2D eigenvalue weighted by atomic mass is 19.1. The fourth-order valence-corrected chi connectivity index (χ4v) is 4.51. The Labute approximate surface area is 213 Å². The zero-order valence-corrected chi connectivity index (χ0v) is 21.9. The molecule has 7 heteroatoms. The molecule has 2 aromatic rings. The second kappa shape index (κ2) is 11.7. The number of ether oxygens (including phenoxy) is 1. The zero-order valence-electron chi connectivity index (χ0n) is 21.9. The van der Waals surface area contributed by atoms with E-state index in [1.54, 1.807) is 13.8 Å². The second-order valence-electron chi connectivity index (χ2n) is 9.72. The number of carbonyl (C=O) groups is 2. The minimum atomic E-state index is -1.06. The van der Waals surface area contributed by atoms with E-state index in [9.17, 15) is 19.1 Å². The summed E-state index contributed by atoms with van der Waals surface area (Å²) in [6.07, 6.45) is 3.09. The predicted molar refractivity (Wildman–Crippen MR) is 140 cm³/mol. The van der Waals surface area contributed by atoms with Crippen molar-refractivity contribution in [1.82, 2.24) is 4.90 Å². The molecule has 1 unspecified atom stereocenters. The molecule has 1 atom stereocenters. The standard InChI is InChI=1S/C29H37FN2O4/c1-6-9-10-25-31-29(7-2,8-3)28(35)32(25)18-20-11-13-21(14-12-20)23-17-22(15-16-24(23)30)36-26(19(4)5)27(33)34/h11-17,19,26H,6-10,18H2,1-5H3,(H,33,34). The molecule has 0 radical (unpaired) electrons. The average molecular weight is 497 g/mol. The number of carbonyl (C=O) groups excluding carboxylic acids is 1. The molecule has 2 aromatic carbocycles. The molecular formula is C29H37FN2O4. The lowest BCUT2D eigenvalue weighted by molar-refractivity contribution is -0.147. The van der Waals surface area contributed by atoms with Gasteiger partial charge in [-0.05, 0) is 48.6 Å². The number of amides is 1. The minimum absolute atomic E-state index is 0.0525. The Morgan fingerprint density at radius 3 is 2.33 bits per heavy atom. The SMILES string of the molecule is CCCCC1=NC(CC)(CC)C(=O)N1Cc1ccc(-c2cc(OC(C(=O)O)C(C)C)ccc2F)cc1. The van der Waals surface area contributed by atoms with Gasteiger partial charge < -0.3 is 9.84 Å². The van der Waals surface area contributed by atoms with Gasteiger partial charge in [0.05, 0.1) is 6.54 Å². The molecule has 3 rings (SSSR count). The van der Waals surface area contributed by atoms with Gasteiger partial charge in [-0.25, -0.2) is 9.18 Å². The summed E-state index contributed by atoms with van der Waals surface area (Å²) in [6.45, 7) is 10.1. The Morgan fingerprint density at radius 1 is 1.11 bits per heavy atom. The average Bonchev–Trinajstić information content (AvgIpc) is 3.13. The van der Waals surface area contributed by atoms with E-state index in [1.807, 2.05) is 43.0 Å². The topological polar surface area (TPSA) is 79.2 Å². The molecular weight excluding hydrogens is 459 g/mol. The van der Waals surface area contributed by atoms with E-state index >= 15 is 0 Å². The van der Waals surface area contributed by atoms with Crippen molar-refractivity contribution >= 4 is 17.7 Å². The van der Waals surface area contributed by atoms with E-state index in [-0.39, 0.29) is 11.8 Å². The van der Waals surface area contributed by atoms with Gasteiger partial charge in [0.2, 0.25) is 0 Å². The number of nitrogens with zero attached hydrogens (tertiary/aromatic N) is 2. The summed E-state index contributed by atoms with van der Waals surface area (Å²) in [5, 5.41) is 9.41. The van der Waals surface area contributed by atoms with E-state index in [0.29, 0.717) is 36.3 Å². The summed E-state index contributed by atoms with van der Waals surface area (Å²) in [7, 11) is 0. The van der Waals surface area contributed by atoms with Gasteiger partial charge in [0.15, 0.2) is 6.10 Å². The third-order valence-electron chi connectivity index (χ3n) is 6.88. The Morgan fingerprint density at radius 2 is 1.78 bits per heavy atom. The third-order valence-corrected chi connectivity index (χ3v) is 6.88. The van der Waals surface area contributed by atoms with Gasteiger partial charge >= 0.3 is 5.97 Å². The smallest absolute Gasteiger partial charge is 0.345 e. The van der Waals surface area contributed by atoms with Gasteiger partial charge in [-0.1, -0.05) is 65.3 Å². The van der Waals surface area contributed by atoms with Crippen molar-refractivity contribution in [2.45, 2.75) is 84.9 Å². The van der Waals surface area contributed by atoms with Gasteiger partial charge in [0.25, 0.3) is 5.91 Å². The van der Waals surface area contributed by atoms with Crippen molar-refractivity contribution in [1.29, 1.82) is 0 Å². The number of amidine groups is 1. The number of aliphatic carboxylic acids is 1. The number of aliphatic imine (C=N–C) groups is 1. The Kier molecular flexibility index (Phi) is 8.88. The number of rotatable bonds is 12. The van der Waals surface area contributed by atoms with Crippen LogP contribution in [0.4, 0.5) is 4.39 Å². The van der Waals surface area contributed by atoms with Crippen LogP contribution in [-0.4, -0.2) is 39.4 Å². The molecule has 0 bridgehead atoms. The first-order valence-corrected chi connectivity index (χ1v) is 12.8. The summed E-state index contributed by atoms with van der Waals surface area (Å²) in [5.74, 6) is -0.528. The van der Waals surface area contributed by atoms with Crippen LogP contribution in [0.5, 0.6) is 5.75 Å². The van der Waals surface area contributed by atoms with E-state index in [0.717, 1.165) is 30.7 Å². The quantitative estimate of drug-likeness (QED) is 0.365. The van der Waals surface area contributed by atoms with Crippen LogP contribution >= 0.6 is 0 Å². The molecule has 0 saturated carbocycles. The van der Waals surface area contributed by atoms with Crippen LogP contribution in [0.3, 0.4) is 0 Å². The lowest BCUT2D eigenvalue weighted by Crippen LogP contribution is -2.41. The maximum Gasteiger partial charge on any atom is 0.345 e. The summed E-state index contributed by atoms with van der Waals surface area (Å²) in [5.41, 5.74) is 1.22. The van der Waals surface area contributed by atoms with Crippen LogP contribution in [0.2, 0.25) is 0 Å². The largest absolute Gasteiger partial charge is 0.478 e. The molecule has 1 aliphatic rings. The highest BCUT2D eigenvalue weighted by molar-refractivity contribution is 6.08. The minimum Gasteiger partial charge on any atom is -0.478 e. The summed E-state index contributed by atoms with van der Waals surface area (Å²) in [6, 6.07) is 11.6. The van der Waals surface area contributed by atoms with Crippen LogP contribution in [0, 0.1) is 11.7 Å². The molecule has 0 saturated heterocycles. The number of hydrogen-bond acceptors (Lipinski definition) is 4. The van der Waals surface area contributed by atoms with Crippen LogP contribution in [0.15, 0.2) is 47.5 Å². The highest BCUT2D eigenvalue weighted by Crippen LogP contribution is 2.33. The maximum atomic E-state index is 14.7. The van der Waals surface area contributed by atoms with Crippen molar-refractivity contribution in [2.75, 3.05) is 0 Å². The highest BCUT2D eigenvalue weighted by Gasteiger charge is 2.45.